The summed E-state index contributed by atoms with van der Waals surface area (Å²) in [6.07, 6.45) is 1.68. The van der Waals surface area contributed by atoms with E-state index in [0.717, 1.165) is 24.0 Å². The average Bonchev–Trinajstić information content (AvgIpc) is 2.48. The smallest absolute Gasteiger partial charge is 0.215 e. The quantitative estimate of drug-likeness (QED) is 0.796. The van der Waals surface area contributed by atoms with Crippen LogP contribution in [0.5, 0.6) is 0 Å². The third-order valence-electron chi connectivity index (χ3n) is 3.56. The number of rotatable bonds is 7. The van der Waals surface area contributed by atoms with Crippen molar-refractivity contribution in [2.24, 2.45) is 0 Å². The lowest BCUT2D eigenvalue weighted by atomic mass is 10.1. The van der Waals surface area contributed by atoms with Crippen LogP contribution < -0.4 is 4.72 Å². The molecule has 0 radical (unpaired) electrons. The fourth-order valence-electron chi connectivity index (χ4n) is 2.23. The second kappa shape index (κ2) is 7.56. The Bertz CT molecular complexity index is 689. The van der Waals surface area contributed by atoms with Crippen LogP contribution in [0.3, 0.4) is 0 Å². The molecule has 4 heteroatoms. The first-order chi connectivity index (χ1) is 10.4. The van der Waals surface area contributed by atoms with Crippen LogP contribution in [0.25, 0.3) is 0 Å². The minimum Gasteiger partial charge on any atom is -0.215 e. The highest BCUT2D eigenvalue weighted by Crippen LogP contribution is 2.08. The zero-order valence-corrected chi connectivity index (χ0v) is 14.0. The minimum absolute atomic E-state index is 0.0395. The SMILES string of the molecule is Cc1ccc(CCCNS(=O)(=O)Cc2ccc(C)cc2)cc1. The van der Waals surface area contributed by atoms with E-state index in [4.69, 9.17) is 0 Å². The fourth-order valence-corrected chi connectivity index (χ4v) is 3.42. The molecule has 0 amide bonds. The Morgan fingerprint density at radius 1 is 0.818 bits per heavy atom. The second-order valence-electron chi connectivity index (χ2n) is 5.73. The normalized spacial score (nSPS) is 11.5. The molecule has 0 aliphatic heterocycles. The molecule has 0 heterocycles. The topological polar surface area (TPSA) is 46.2 Å². The van der Waals surface area contributed by atoms with E-state index in [1.807, 2.05) is 31.2 Å². The van der Waals surface area contributed by atoms with Gasteiger partial charge >= 0.3 is 0 Å². The predicted octanol–water partition coefficient (Wildman–Crippen LogP) is 3.36. The number of benzene rings is 2. The van der Waals surface area contributed by atoms with Crippen molar-refractivity contribution < 1.29 is 8.42 Å². The van der Waals surface area contributed by atoms with Crippen LogP contribution in [0, 0.1) is 13.8 Å². The largest absolute Gasteiger partial charge is 0.215 e. The summed E-state index contributed by atoms with van der Waals surface area (Å²) >= 11 is 0. The Morgan fingerprint density at radius 2 is 1.32 bits per heavy atom. The van der Waals surface area contributed by atoms with Gasteiger partial charge in [0.15, 0.2) is 0 Å². The zero-order chi connectivity index (χ0) is 16.0. The van der Waals surface area contributed by atoms with Crippen molar-refractivity contribution in [3.8, 4) is 0 Å². The van der Waals surface area contributed by atoms with E-state index >= 15 is 0 Å². The van der Waals surface area contributed by atoms with Crippen LogP contribution in [0.1, 0.15) is 28.7 Å². The molecule has 0 saturated heterocycles. The van der Waals surface area contributed by atoms with E-state index in [0.29, 0.717) is 6.54 Å². The van der Waals surface area contributed by atoms with Gasteiger partial charge in [-0.3, -0.25) is 0 Å². The molecule has 1 N–H and O–H groups in total. The monoisotopic (exact) mass is 317 g/mol. The molecule has 0 saturated carbocycles. The van der Waals surface area contributed by atoms with Crippen LogP contribution in [0.2, 0.25) is 0 Å². The Hall–Kier alpha value is -1.65. The maximum Gasteiger partial charge on any atom is 0.215 e. The fraction of sp³-hybridized carbons (Fsp3) is 0.333. The van der Waals surface area contributed by atoms with E-state index in [9.17, 15) is 8.42 Å². The first-order valence-electron chi connectivity index (χ1n) is 7.53. The minimum atomic E-state index is -3.26. The van der Waals surface area contributed by atoms with Gasteiger partial charge in [0.2, 0.25) is 10.0 Å². The first-order valence-corrected chi connectivity index (χ1v) is 9.18. The summed E-state index contributed by atoms with van der Waals surface area (Å²) in [5.74, 6) is 0.0395. The Labute approximate surface area is 133 Å². The van der Waals surface area contributed by atoms with E-state index in [2.05, 4.69) is 35.9 Å². The van der Waals surface area contributed by atoms with Gasteiger partial charge < -0.3 is 0 Å². The number of aryl methyl sites for hydroxylation is 3. The molecule has 2 rings (SSSR count). The zero-order valence-electron chi connectivity index (χ0n) is 13.2. The van der Waals surface area contributed by atoms with Crippen LogP contribution in [-0.4, -0.2) is 15.0 Å². The van der Waals surface area contributed by atoms with E-state index < -0.39 is 10.0 Å². The molecule has 0 aliphatic carbocycles. The summed E-state index contributed by atoms with van der Waals surface area (Å²) in [7, 11) is -3.26. The maximum absolute atomic E-state index is 12.0. The lowest BCUT2D eigenvalue weighted by Crippen LogP contribution is -2.26. The van der Waals surface area contributed by atoms with Gasteiger partial charge in [-0.05, 0) is 37.8 Å². The molecule has 22 heavy (non-hydrogen) atoms. The standard InChI is InChI=1S/C18H23NO2S/c1-15-5-9-17(10-6-15)4-3-13-19-22(20,21)14-18-11-7-16(2)8-12-18/h5-12,19H,3-4,13-14H2,1-2H3. The summed E-state index contributed by atoms with van der Waals surface area (Å²) < 4.78 is 26.7. The van der Waals surface area contributed by atoms with Crippen molar-refractivity contribution >= 4 is 10.0 Å². The lowest BCUT2D eigenvalue weighted by Gasteiger charge is -2.07. The molecule has 2 aromatic rings. The Balaban J connectivity index is 1.77. The summed E-state index contributed by atoms with van der Waals surface area (Å²) in [6.45, 7) is 4.52. The summed E-state index contributed by atoms with van der Waals surface area (Å²) in [6, 6.07) is 15.9. The highest BCUT2D eigenvalue weighted by molar-refractivity contribution is 7.88. The van der Waals surface area contributed by atoms with Crippen molar-refractivity contribution in [3.05, 3.63) is 70.8 Å². The molecule has 0 bridgehead atoms. The number of hydrogen-bond acceptors (Lipinski definition) is 2. The van der Waals surface area contributed by atoms with Crippen LogP contribution in [0.4, 0.5) is 0 Å². The van der Waals surface area contributed by atoms with Crippen LogP contribution in [0.15, 0.2) is 48.5 Å². The van der Waals surface area contributed by atoms with Gasteiger partial charge in [0, 0.05) is 6.54 Å². The van der Waals surface area contributed by atoms with E-state index in [1.165, 1.54) is 11.1 Å². The predicted molar refractivity (Wildman–Crippen MR) is 91.3 cm³/mol. The van der Waals surface area contributed by atoms with E-state index in [-0.39, 0.29) is 5.75 Å². The molecule has 118 valence electrons. The first kappa shape index (κ1) is 16.7. The molecule has 0 aromatic heterocycles. The van der Waals surface area contributed by atoms with Crippen molar-refractivity contribution in [2.75, 3.05) is 6.54 Å². The van der Waals surface area contributed by atoms with Crippen molar-refractivity contribution in [2.45, 2.75) is 32.4 Å². The molecule has 0 atom stereocenters. The van der Waals surface area contributed by atoms with Gasteiger partial charge in [-0.25, -0.2) is 13.1 Å². The van der Waals surface area contributed by atoms with Crippen molar-refractivity contribution in [1.29, 1.82) is 0 Å². The van der Waals surface area contributed by atoms with Crippen LogP contribution >= 0.6 is 0 Å². The number of sulfonamides is 1. The van der Waals surface area contributed by atoms with Crippen LogP contribution in [-0.2, 0) is 22.2 Å². The van der Waals surface area contributed by atoms with Gasteiger partial charge in [-0.15, -0.1) is 0 Å². The third-order valence-corrected chi connectivity index (χ3v) is 4.92. The lowest BCUT2D eigenvalue weighted by molar-refractivity contribution is 0.578. The molecular formula is C18H23NO2S. The van der Waals surface area contributed by atoms with Gasteiger partial charge in [-0.2, -0.15) is 0 Å². The van der Waals surface area contributed by atoms with E-state index in [1.54, 1.807) is 0 Å². The molecule has 0 spiro atoms. The molecule has 0 aliphatic rings. The summed E-state index contributed by atoms with van der Waals surface area (Å²) in [5.41, 5.74) is 4.43. The average molecular weight is 317 g/mol. The maximum atomic E-state index is 12.0. The van der Waals surface area contributed by atoms with Gasteiger partial charge in [0.25, 0.3) is 0 Å². The Morgan fingerprint density at radius 3 is 1.86 bits per heavy atom. The molecule has 0 unspecified atom stereocenters. The number of hydrogen-bond donors (Lipinski definition) is 1. The molecule has 0 fully saturated rings. The second-order valence-corrected chi connectivity index (χ2v) is 7.54. The molecule has 2 aromatic carbocycles. The van der Waals surface area contributed by atoms with Crippen molar-refractivity contribution in [3.63, 3.8) is 0 Å². The van der Waals surface area contributed by atoms with Crippen molar-refractivity contribution in [1.82, 2.24) is 4.72 Å². The molecular weight excluding hydrogens is 294 g/mol. The molecule has 3 nitrogen and oxygen atoms in total. The summed E-state index contributed by atoms with van der Waals surface area (Å²) in [5, 5.41) is 0. The van der Waals surface area contributed by atoms with Gasteiger partial charge in [-0.1, -0.05) is 59.7 Å². The number of nitrogens with one attached hydrogen (secondary N) is 1. The third kappa shape index (κ3) is 5.62. The summed E-state index contributed by atoms with van der Waals surface area (Å²) in [4.78, 5) is 0. The van der Waals surface area contributed by atoms with Gasteiger partial charge in [0.1, 0.15) is 0 Å². The van der Waals surface area contributed by atoms with Gasteiger partial charge in [0.05, 0.1) is 5.75 Å². The Kier molecular flexibility index (Phi) is 5.75. The highest BCUT2D eigenvalue weighted by Gasteiger charge is 2.10. The highest BCUT2D eigenvalue weighted by atomic mass is 32.2.